The second kappa shape index (κ2) is 5.82. The number of hydrogen-bond donors (Lipinski definition) is 1. The van der Waals surface area contributed by atoms with E-state index in [2.05, 4.69) is 17.4 Å². The van der Waals surface area contributed by atoms with Crippen molar-refractivity contribution >= 4 is 11.8 Å². The van der Waals surface area contributed by atoms with Crippen molar-refractivity contribution in [3.63, 3.8) is 0 Å². The molecule has 1 aliphatic rings. The number of rotatable bonds is 5. The first-order chi connectivity index (χ1) is 8.29. The quantitative estimate of drug-likeness (QED) is 0.853. The Hall–Kier alpha value is -1.36. The molecule has 0 radical (unpaired) electrons. The summed E-state index contributed by atoms with van der Waals surface area (Å²) >= 11 is 0. The van der Waals surface area contributed by atoms with Crippen molar-refractivity contribution in [3.05, 3.63) is 11.8 Å². The predicted octanol–water partition coefficient (Wildman–Crippen LogP) is 2.13. The van der Waals surface area contributed by atoms with E-state index in [9.17, 15) is 4.79 Å². The van der Waals surface area contributed by atoms with Crippen molar-refractivity contribution in [2.75, 3.05) is 11.9 Å². The van der Waals surface area contributed by atoms with Crippen LogP contribution in [0, 0.1) is 0 Å². The summed E-state index contributed by atoms with van der Waals surface area (Å²) in [6.07, 6.45) is 4.46. The van der Waals surface area contributed by atoms with Crippen LogP contribution in [0.4, 0.5) is 5.88 Å². The molecule has 0 spiro atoms. The SMILES string of the molecule is CCCCc1cc(NC(=O)[C@@H]2CCCO2)on1. The van der Waals surface area contributed by atoms with Crippen molar-refractivity contribution in [3.8, 4) is 0 Å². The summed E-state index contributed by atoms with van der Waals surface area (Å²) in [5, 5.41) is 6.59. The minimum Gasteiger partial charge on any atom is -0.368 e. The molecule has 5 nitrogen and oxygen atoms in total. The summed E-state index contributed by atoms with van der Waals surface area (Å²) in [6, 6.07) is 1.78. The first kappa shape index (κ1) is 12.1. The van der Waals surface area contributed by atoms with E-state index in [1.54, 1.807) is 6.07 Å². The van der Waals surface area contributed by atoms with Gasteiger partial charge in [-0.3, -0.25) is 10.1 Å². The third kappa shape index (κ3) is 3.30. The summed E-state index contributed by atoms with van der Waals surface area (Å²) < 4.78 is 10.3. The molecule has 1 saturated heterocycles. The van der Waals surface area contributed by atoms with E-state index in [4.69, 9.17) is 9.26 Å². The number of aromatic nitrogens is 1. The monoisotopic (exact) mass is 238 g/mol. The highest BCUT2D eigenvalue weighted by molar-refractivity contribution is 5.93. The Bertz CT molecular complexity index is 370. The Kier molecular flexibility index (Phi) is 4.14. The molecule has 2 heterocycles. The third-order valence-corrected chi connectivity index (χ3v) is 2.81. The fourth-order valence-electron chi connectivity index (χ4n) is 1.83. The fraction of sp³-hybridized carbons (Fsp3) is 0.667. The third-order valence-electron chi connectivity index (χ3n) is 2.81. The molecule has 0 bridgehead atoms. The number of carbonyl (C=O) groups is 1. The van der Waals surface area contributed by atoms with Gasteiger partial charge in [0, 0.05) is 12.7 Å². The molecule has 1 amide bonds. The van der Waals surface area contributed by atoms with E-state index in [1.165, 1.54) is 0 Å². The zero-order valence-corrected chi connectivity index (χ0v) is 10.1. The molecule has 0 saturated carbocycles. The van der Waals surface area contributed by atoms with Gasteiger partial charge < -0.3 is 9.26 Å². The maximum Gasteiger partial charge on any atom is 0.255 e. The van der Waals surface area contributed by atoms with E-state index in [0.717, 1.165) is 37.8 Å². The number of anilines is 1. The van der Waals surface area contributed by atoms with Crippen LogP contribution < -0.4 is 5.32 Å². The van der Waals surface area contributed by atoms with Gasteiger partial charge in [0.1, 0.15) is 6.10 Å². The maximum absolute atomic E-state index is 11.7. The first-order valence-corrected chi connectivity index (χ1v) is 6.17. The van der Waals surface area contributed by atoms with Gasteiger partial charge in [-0.05, 0) is 25.7 Å². The van der Waals surface area contributed by atoms with Crippen molar-refractivity contribution in [2.24, 2.45) is 0 Å². The van der Waals surface area contributed by atoms with Crippen LogP contribution in [-0.4, -0.2) is 23.8 Å². The molecule has 1 aliphatic heterocycles. The van der Waals surface area contributed by atoms with E-state index in [1.807, 2.05) is 0 Å². The molecular weight excluding hydrogens is 220 g/mol. The average molecular weight is 238 g/mol. The number of unbranched alkanes of at least 4 members (excludes halogenated alkanes) is 1. The van der Waals surface area contributed by atoms with Crippen molar-refractivity contribution in [2.45, 2.75) is 45.1 Å². The van der Waals surface area contributed by atoms with Crippen molar-refractivity contribution in [1.82, 2.24) is 5.16 Å². The zero-order chi connectivity index (χ0) is 12.1. The predicted molar refractivity (Wildman–Crippen MR) is 62.7 cm³/mol. The van der Waals surface area contributed by atoms with Gasteiger partial charge >= 0.3 is 0 Å². The lowest BCUT2D eigenvalue weighted by molar-refractivity contribution is -0.124. The number of hydrogen-bond acceptors (Lipinski definition) is 4. The van der Waals surface area contributed by atoms with Gasteiger partial charge in [-0.25, -0.2) is 0 Å². The number of nitrogens with one attached hydrogen (secondary N) is 1. The summed E-state index contributed by atoms with van der Waals surface area (Å²) in [5.74, 6) is 0.275. The molecule has 0 unspecified atom stereocenters. The normalized spacial score (nSPS) is 19.5. The highest BCUT2D eigenvalue weighted by atomic mass is 16.5. The Morgan fingerprint density at radius 2 is 2.53 bits per heavy atom. The van der Waals surface area contributed by atoms with E-state index in [0.29, 0.717) is 12.5 Å². The number of nitrogens with zero attached hydrogens (tertiary/aromatic N) is 1. The molecule has 1 aromatic rings. The summed E-state index contributed by atoms with van der Waals surface area (Å²) in [5.41, 5.74) is 0.884. The lowest BCUT2D eigenvalue weighted by Crippen LogP contribution is -2.26. The largest absolute Gasteiger partial charge is 0.368 e. The fourth-order valence-corrected chi connectivity index (χ4v) is 1.83. The topological polar surface area (TPSA) is 64.4 Å². The van der Waals surface area contributed by atoms with E-state index in [-0.39, 0.29) is 12.0 Å². The number of aryl methyl sites for hydroxylation is 1. The van der Waals surface area contributed by atoms with Gasteiger partial charge in [0.25, 0.3) is 5.91 Å². The molecule has 2 rings (SSSR count). The van der Waals surface area contributed by atoms with Crippen molar-refractivity contribution < 1.29 is 14.1 Å². The summed E-state index contributed by atoms with van der Waals surface area (Å²) in [4.78, 5) is 11.7. The number of ether oxygens (including phenoxy) is 1. The number of amides is 1. The van der Waals surface area contributed by atoms with Crippen LogP contribution in [0.1, 0.15) is 38.3 Å². The number of carbonyl (C=O) groups excluding carboxylic acids is 1. The van der Waals surface area contributed by atoms with Gasteiger partial charge in [0.15, 0.2) is 0 Å². The smallest absolute Gasteiger partial charge is 0.255 e. The molecule has 1 aromatic heterocycles. The highest BCUT2D eigenvalue weighted by Crippen LogP contribution is 2.16. The van der Waals surface area contributed by atoms with Crippen LogP contribution in [-0.2, 0) is 16.0 Å². The molecule has 0 aromatic carbocycles. The second-order valence-electron chi connectivity index (χ2n) is 4.28. The second-order valence-corrected chi connectivity index (χ2v) is 4.28. The highest BCUT2D eigenvalue weighted by Gasteiger charge is 2.24. The van der Waals surface area contributed by atoms with Crippen molar-refractivity contribution in [1.29, 1.82) is 0 Å². The minimum atomic E-state index is -0.334. The van der Waals surface area contributed by atoms with Crippen LogP contribution in [0.25, 0.3) is 0 Å². The minimum absolute atomic E-state index is 0.138. The molecule has 1 N–H and O–H groups in total. The van der Waals surface area contributed by atoms with Gasteiger partial charge in [0.2, 0.25) is 5.88 Å². The molecule has 1 fully saturated rings. The first-order valence-electron chi connectivity index (χ1n) is 6.17. The Morgan fingerprint density at radius 1 is 1.65 bits per heavy atom. The van der Waals surface area contributed by atoms with Crippen LogP contribution in [0.2, 0.25) is 0 Å². The average Bonchev–Trinajstić information content (AvgIpc) is 2.97. The Balaban J connectivity index is 1.85. The van der Waals surface area contributed by atoms with Crippen LogP contribution in [0.5, 0.6) is 0 Å². The standard InChI is InChI=1S/C12H18N2O3/c1-2-3-5-9-8-11(17-14-9)13-12(15)10-6-4-7-16-10/h8,10H,2-7H2,1H3,(H,13,15)/t10-/m0/s1. The maximum atomic E-state index is 11.7. The van der Waals surface area contributed by atoms with Gasteiger partial charge in [-0.1, -0.05) is 18.5 Å². The van der Waals surface area contributed by atoms with Crippen LogP contribution >= 0.6 is 0 Å². The molecule has 0 aliphatic carbocycles. The molecule has 94 valence electrons. The van der Waals surface area contributed by atoms with Crippen LogP contribution in [0.15, 0.2) is 10.6 Å². The summed E-state index contributed by atoms with van der Waals surface area (Å²) in [6.45, 7) is 2.79. The van der Waals surface area contributed by atoms with Gasteiger partial charge in [-0.15, -0.1) is 0 Å². The lowest BCUT2D eigenvalue weighted by atomic mass is 10.2. The molecule has 5 heteroatoms. The van der Waals surface area contributed by atoms with Gasteiger partial charge in [-0.2, -0.15) is 0 Å². The van der Waals surface area contributed by atoms with E-state index < -0.39 is 0 Å². The summed E-state index contributed by atoms with van der Waals surface area (Å²) in [7, 11) is 0. The van der Waals surface area contributed by atoms with Crippen LogP contribution in [0.3, 0.4) is 0 Å². The Morgan fingerprint density at radius 3 is 3.24 bits per heavy atom. The molecule has 17 heavy (non-hydrogen) atoms. The van der Waals surface area contributed by atoms with Gasteiger partial charge in [0.05, 0.1) is 5.69 Å². The molecular formula is C12H18N2O3. The zero-order valence-electron chi connectivity index (χ0n) is 10.1. The van der Waals surface area contributed by atoms with E-state index >= 15 is 0 Å². The molecule has 1 atom stereocenters. The Labute approximate surface area is 101 Å². The lowest BCUT2D eigenvalue weighted by Gasteiger charge is -2.06.